The van der Waals surface area contributed by atoms with Crippen LogP contribution in [0.4, 0.5) is 13.2 Å². The molecule has 0 fully saturated rings. The van der Waals surface area contributed by atoms with Gasteiger partial charge >= 0.3 is 6.18 Å². The third kappa shape index (κ3) is 9.32. The van der Waals surface area contributed by atoms with Crippen LogP contribution in [0.25, 0.3) is 6.08 Å². The molecule has 138 valence electrons. The van der Waals surface area contributed by atoms with Gasteiger partial charge in [0.1, 0.15) is 0 Å². The summed E-state index contributed by atoms with van der Waals surface area (Å²) in [7, 11) is 0. The predicted molar refractivity (Wildman–Crippen MR) is 102 cm³/mol. The van der Waals surface area contributed by atoms with Crippen LogP contribution in [0, 0.1) is 0 Å². The lowest BCUT2D eigenvalue weighted by molar-refractivity contribution is -0.137. The summed E-state index contributed by atoms with van der Waals surface area (Å²) in [5.41, 5.74) is 1.31. The number of likely N-dealkylation sites (N-methyl/N-ethyl adjacent to an activating group) is 1. The van der Waals surface area contributed by atoms with Gasteiger partial charge in [0, 0.05) is 6.04 Å². The van der Waals surface area contributed by atoms with Gasteiger partial charge in [-0.15, -0.1) is 12.4 Å². The van der Waals surface area contributed by atoms with Crippen molar-refractivity contribution in [3.8, 4) is 0 Å². The number of alkyl halides is 3. The van der Waals surface area contributed by atoms with Crippen LogP contribution in [0.15, 0.2) is 61.2 Å². The molecule has 2 aromatic carbocycles. The lowest BCUT2D eigenvalue weighted by atomic mass is 10.0. The molecule has 0 amide bonds. The first-order chi connectivity index (χ1) is 11.4. The summed E-state index contributed by atoms with van der Waals surface area (Å²) in [5, 5.41) is 3.17. The Morgan fingerprint density at radius 2 is 1.72 bits per heavy atom. The van der Waals surface area contributed by atoms with E-state index in [0.717, 1.165) is 12.6 Å². The predicted octanol–water partition coefficient (Wildman–Crippen LogP) is 6.00. The second kappa shape index (κ2) is 11.7. The molecule has 0 aliphatic carbocycles. The molecule has 1 unspecified atom stereocenters. The third-order valence-corrected chi connectivity index (χ3v) is 3.38. The minimum absolute atomic E-state index is 0. The second-order valence-corrected chi connectivity index (χ2v) is 5.48. The molecule has 2 rings (SSSR count). The molecule has 1 atom stereocenters. The average Bonchev–Trinajstić information content (AvgIpc) is 2.56. The summed E-state index contributed by atoms with van der Waals surface area (Å²) in [6, 6.07) is 15.7. The van der Waals surface area contributed by atoms with Gasteiger partial charge < -0.3 is 5.32 Å². The Bertz CT molecular complexity index is 612. The maximum atomic E-state index is 12.4. The number of halogens is 4. The lowest BCUT2D eigenvalue weighted by Gasteiger charge is -2.13. The van der Waals surface area contributed by atoms with Gasteiger partial charge in [-0.3, -0.25) is 0 Å². The van der Waals surface area contributed by atoms with Gasteiger partial charge in [-0.2, -0.15) is 13.2 Å². The fraction of sp³-hybridized carbons (Fsp3) is 0.300. The van der Waals surface area contributed by atoms with E-state index >= 15 is 0 Å². The van der Waals surface area contributed by atoms with Crippen LogP contribution in [0.2, 0.25) is 0 Å². The highest BCUT2D eigenvalue weighted by molar-refractivity contribution is 5.85. The minimum atomic E-state index is -4.25. The molecule has 0 saturated heterocycles. The summed E-state index contributed by atoms with van der Waals surface area (Å²) in [4.78, 5) is 0. The highest BCUT2D eigenvalue weighted by Crippen LogP contribution is 2.29. The molecule has 0 saturated carbocycles. The van der Waals surface area contributed by atoms with Crippen LogP contribution < -0.4 is 5.32 Å². The molecule has 0 heterocycles. The maximum Gasteiger partial charge on any atom is 0.416 e. The molecule has 0 bridgehead atoms. The quantitative estimate of drug-likeness (QED) is 0.679. The van der Waals surface area contributed by atoms with E-state index in [1.165, 1.54) is 17.7 Å². The van der Waals surface area contributed by atoms with Gasteiger partial charge in [0.2, 0.25) is 0 Å². The van der Waals surface area contributed by atoms with Crippen LogP contribution in [0.3, 0.4) is 0 Å². The normalized spacial score (nSPS) is 11.6. The second-order valence-electron chi connectivity index (χ2n) is 5.48. The van der Waals surface area contributed by atoms with Gasteiger partial charge in [-0.25, -0.2) is 0 Å². The Kier molecular flexibility index (Phi) is 10.9. The molecule has 0 radical (unpaired) electrons. The Labute approximate surface area is 154 Å². The fourth-order valence-electron chi connectivity index (χ4n) is 2.24. The van der Waals surface area contributed by atoms with Crippen molar-refractivity contribution in [2.45, 2.75) is 32.5 Å². The average molecular weight is 372 g/mol. The van der Waals surface area contributed by atoms with Crippen molar-refractivity contribution in [3.05, 3.63) is 77.9 Å². The Morgan fingerprint density at radius 3 is 2.20 bits per heavy atom. The highest BCUT2D eigenvalue weighted by Gasteiger charge is 2.30. The van der Waals surface area contributed by atoms with Gasteiger partial charge in [0.25, 0.3) is 0 Å². The van der Waals surface area contributed by atoms with Gasteiger partial charge in [-0.05, 0) is 37.1 Å². The molecule has 25 heavy (non-hydrogen) atoms. The monoisotopic (exact) mass is 371 g/mol. The highest BCUT2D eigenvalue weighted by atomic mass is 35.5. The Hall–Kier alpha value is -1.78. The first kappa shape index (κ1) is 23.2. The molecular weight excluding hydrogens is 347 g/mol. The van der Waals surface area contributed by atoms with Crippen LogP contribution in [0.1, 0.15) is 30.5 Å². The van der Waals surface area contributed by atoms with Crippen LogP contribution in [-0.2, 0) is 12.6 Å². The number of rotatable bonds is 5. The topological polar surface area (TPSA) is 12.0 Å². The van der Waals surface area contributed by atoms with E-state index < -0.39 is 11.7 Å². The zero-order valence-corrected chi connectivity index (χ0v) is 15.3. The summed E-state index contributed by atoms with van der Waals surface area (Å²) >= 11 is 0. The zero-order valence-electron chi connectivity index (χ0n) is 14.5. The van der Waals surface area contributed by atoms with Gasteiger partial charge in [-0.1, -0.05) is 68.1 Å². The molecule has 5 heteroatoms. The summed E-state index contributed by atoms with van der Waals surface area (Å²) in [5.74, 6) is 0. The first-order valence-electron chi connectivity index (χ1n) is 7.93. The molecule has 0 spiro atoms. The lowest BCUT2D eigenvalue weighted by Crippen LogP contribution is -2.27. The van der Waals surface area contributed by atoms with E-state index in [9.17, 15) is 13.2 Å². The number of hydrogen-bond acceptors (Lipinski definition) is 1. The van der Waals surface area contributed by atoms with E-state index in [-0.39, 0.29) is 18.4 Å². The molecule has 1 nitrogen and oxygen atoms in total. The molecule has 0 aromatic heterocycles. The smallest absolute Gasteiger partial charge is 0.314 e. The van der Waals surface area contributed by atoms with Gasteiger partial charge in [0.15, 0.2) is 0 Å². The number of nitrogens with one attached hydrogen (secondary N) is 1. The Morgan fingerprint density at radius 1 is 1.08 bits per heavy atom. The van der Waals surface area contributed by atoms with E-state index in [0.29, 0.717) is 12.0 Å². The standard InChI is InChI=1S/C12H16F3N.C8H8.ClH/c1-3-16-9(2)7-10-5-4-6-11(8-10)12(13,14)15;1-2-8-6-4-3-5-7-8;/h4-6,8-9,16H,3,7H2,1-2H3;2-7H,1H2;1H. The molecular formula is C20H25ClF3N. The molecule has 2 aromatic rings. The number of hydrogen-bond donors (Lipinski definition) is 1. The van der Waals surface area contributed by atoms with Crippen molar-refractivity contribution in [2.75, 3.05) is 6.54 Å². The summed E-state index contributed by atoms with van der Waals surface area (Å²) in [6.07, 6.45) is -1.81. The summed E-state index contributed by atoms with van der Waals surface area (Å²) in [6.45, 7) is 8.39. The van der Waals surface area contributed by atoms with E-state index in [1.54, 1.807) is 6.07 Å². The van der Waals surface area contributed by atoms with Crippen molar-refractivity contribution in [1.82, 2.24) is 5.32 Å². The maximum absolute atomic E-state index is 12.4. The molecule has 1 N–H and O–H groups in total. The summed E-state index contributed by atoms with van der Waals surface area (Å²) < 4.78 is 37.3. The van der Waals surface area contributed by atoms with Crippen LogP contribution in [0.5, 0.6) is 0 Å². The third-order valence-electron chi connectivity index (χ3n) is 3.38. The van der Waals surface area contributed by atoms with Crippen molar-refractivity contribution in [3.63, 3.8) is 0 Å². The van der Waals surface area contributed by atoms with E-state index in [4.69, 9.17) is 0 Å². The zero-order chi connectivity index (χ0) is 18.0. The van der Waals surface area contributed by atoms with Crippen LogP contribution in [-0.4, -0.2) is 12.6 Å². The van der Waals surface area contributed by atoms with Gasteiger partial charge in [0.05, 0.1) is 5.56 Å². The molecule has 0 aliphatic heterocycles. The fourth-order valence-corrected chi connectivity index (χ4v) is 2.24. The van der Waals surface area contributed by atoms with E-state index in [2.05, 4.69) is 11.9 Å². The Balaban J connectivity index is 0.000000540. The van der Waals surface area contributed by atoms with Crippen molar-refractivity contribution in [2.24, 2.45) is 0 Å². The number of benzene rings is 2. The minimum Gasteiger partial charge on any atom is -0.314 e. The largest absolute Gasteiger partial charge is 0.416 e. The SMILES string of the molecule is C=Cc1ccccc1.CCNC(C)Cc1cccc(C(F)(F)F)c1.Cl. The van der Waals surface area contributed by atoms with E-state index in [1.807, 2.05) is 50.3 Å². The first-order valence-corrected chi connectivity index (χ1v) is 7.93. The van der Waals surface area contributed by atoms with Crippen molar-refractivity contribution < 1.29 is 13.2 Å². The van der Waals surface area contributed by atoms with Crippen LogP contribution >= 0.6 is 12.4 Å². The van der Waals surface area contributed by atoms with Crippen molar-refractivity contribution in [1.29, 1.82) is 0 Å². The molecule has 0 aliphatic rings. The van der Waals surface area contributed by atoms with Crippen molar-refractivity contribution >= 4 is 18.5 Å².